The minimum atomic E-state index is -0.418. The fourth-order valence-electron chi connectivity index (χ4n) is 3.01. The lowest BCUT2D eigenvalue weighted by atomic mass is 10.0. The Kier molecular flexibility index (Phi) is 8.64. The van der Waals surface area contributed by atoms with Gasteiger partial charge in [-0.1, -0.05) is 60.4 Å². The molecule has 0 saturated carbocycles. The van der Waals surface area contributed by atoms with Crippen LogP contribution in [0.4, 0.5) is 5.69 Å². The molecule has 174 valence electrons. The maximum atomic E-state index is 12.8. The molecule has 0 spiro atoms. The quantitative estimate of drug-likeness (QED) is 0.371. The molecular formula is C22H22Cl3N5O2S. The standard InChI is InChI=1S/C22H22Cl3N5O2S/c1-12(2)19(27-21(32)16-9-6-14(24)10-17(16)25)20-28-29-22(30(20)3)33-11-18(31)26-15-7-4-13(23)5-8-15/h4-10,12,19H,11H2,1-3H3,(H,26,31)(H,27,32)/t19-/m0/s1. The van der Waals surface area contributed by atoms with E-state index in [1.165, 1.54) is 17.8 Å². The number of rotatable bonds is 8. The molecule has 2 aromatic carbocycles. The van der Waals surface area contributed by atoms with Gasteiger partial charge in [0.2, 0.25) is 5.91 Å². The van der Waals surface area contributed by atoms with E-state index in [9.17, 15) is 9.59 Å². The number of benzene rings is 2. The number of carbonyl (C=O) groups excluding carboxylic acids is 2. The van der Waals surface area contributed by atoms with Gasteiger partial charge in [0.05, 0.1) is 22.4 Å². The zero-order valence-electron chi connectivity index (χ0n) is 18.1. The molecule has 0 fully saturated rings. The van der Waals surface area contributed by atoms with Gasteiger partial charge < -0.3 is 15.2 Å². The summed E-state index contributed by atoms with van der Waals surface area (Å²) in [6.07, 6.45) is 0. The number of hydrogen-bond donors (Lipinski definition) is 2. The van der Waals surface area contributed by atoms with Crippen molar-refractivity contribution in [2.45, 2.75) is 25.0 Å². The Morgan fingerprint density at radius 2 is 1.70 bits per heavy atom. The van der Waals surface area contributed by atoms with Gasteiger partial charge in [0.15, 0.2) is 11.0 Å². The zero-order valence-corrected chi connectivity index (χ0v) is 21.2. The molecule has 33 heavy (non-hydrogen) atoms. The second kappa shape index (κ2) is 11.2. The first-order chi connectivity index (χ1) is 15.7. The number of hydrogen-bond acceptors (Lipinski definition) is 5. The van der Waals surface area contributed by atoms with Gasteiger partial charge in [-0.05, 0) is 48.4 Å². The smallest absolute Gasteiger partial charge is 0.253 e. The SMILES string of the molecule is CC(C)[C@H](NC(=O)c1ccc(Cl)cc1Cl)c1nnc(SCC(=O)Nc2ccc(Cl)cc2)n1C. The van der Waals surface area contributed by atoms with Crippen LogP contribution in [0.1, 0.15) is 36.1 Å². The van der Waals surface area contributed by atoms with E-state index in [0.29, 0.717) is 32.3 Å². The van der Waals surface area contributed by atoms with Crippen LogP contribution in [0.2, 0.25) is 15.1 Å². The van der Waals surface area contributed by atoms with Crippen LogP contribution < -0.4 is 10.6 Å². The monoisotopic (exact) mass is 525 g/mol. The van der Waals surface area contributed by atoms with Crippen molar-refractivity contribution in [1.29, 1.82) is 0 Å². The van der Waals surface area contributed by atoms with Crippen molar-refractivity contribution in [3.63, 3.8) is 0 Å². The van der Waals surface area contributed by atoms with Gasteiger partial charge in [-0.3, -0.25) is 9.59 Å². The molecule has 11 heteroatoms. The molecule has 0 aliphatic carbocycles. The molecule has 3 rings (SSSR count). The lowest BCUT2D eigenvalue weighted by molar-refractivity contribution is -0.113. The molecule has 2 N–H and O–H groups in total. The molecule has 0 aliphatic heterocycles. The van der Waals surface area contributed by atoms with Gasteiger partial charge in [0.1, 0.15) is 0 Å². The van der Waals surface area contributed by atoms with Crippen LogP contribution in [-0.2, 0) is 11.8 Å². The van der Waals surface area contributed by atoms with Gasteiger partial charge >= 0.3 is 0 Å². The highest BCUT2D eigenvalue weighted by Gasteiger charge is 2.26. The summed E-state index contributed by atoms with van der Waals surface area (Å²) in [6.45, 7) is 3.94. The number of thioether (sulfide) groups is 1. The minimum Gasteiger partial charge on any atom is -0.342 e. The highest BCUT2D eigenvalue weighted by Crippen LogP contribution is 2.26. The predicted octanol–water partition coefficient (Wildman–Crippen LogP) is 5.63. The van der Waals surface area contributed by atoms with Gasteiger partial charge in [0.25, 0.3) is 5.91 Å². The third-order valence-corrected chi connectivity index (χ3v) is 6.56. The van der Waals surface area contributed by atoms with E-state index < -0.39 is 6.04 Å². The molecule has 1 atom stereocenters. The van der Waals surface area contributed by atoms with E-state index in [1.54, 1.807) is 48.0 Å². The summed E-state index contributed by atoms with van der Waals surface area (Å²) in [5.41, 5.74) is 0.981. The van der Waals surface area contributed by atoms with E-state index in [4.69, 9.17) is 34.8 Å². The van der Waals surface area contributed by atoms with E-state index in [2.05, 4.69) is 20.8 Å². The maximum Gasteiger partial charge on any atom is 0.253 e. The van der Waals surface area contributed by atoms with Crippen molar-refractivity contribution in [2.24, 2.45) is 13.0 Å². The van der Waals surface area contributed by atoms with Gasteiger partial charge in [0, 0.05) is 22.8 Å². The van der Waals surface area contributed by atoms with Crippen molar-refractivity contribution in [3.8, 4) is 0 Å². The van der Waals surface area contributed by atoms with Crippen LogP contribution >= 0.6 is 46.6 Å². The number of nitrogens with zero attached hydrogens (tertiary/aromatic N) is 3. The number of nitrogens with one attached hydrogen (secondary N) is 2. The summed E-state index contributed by atoms with van der Waals surface area (Å²) in [4.78, 5) is 25.1. The Bertz CT molecular complexity index is 1150. The Hall–Kier alpha value is -2.26. The molecule has 3 aromatic rings. The Morgan fingerprint density at radius 3 is 2.33 bits per heavy atom. The minimum absolute atomic E-state index is 0.0222. The van der Waals surface area contributed by atoms with E-state index in [0.717, 1.165) is 0 Å². The first kappa shape index (κ1) is 25.4. The van der Waals surface area contributed by atoms with Crippen molar-refractivity contribution < 1.29 is 9.59 Å². The number of halogens is 3. The summed E-state index contributed by atoms with van der Waals surface area (Å²) >= 11 is 19.2. The number of carbonyl (C=O) groups is 2. The van der Waals surface area contributed by atoms with Crippen LogP contribution in [0.3, 0.4) is 0 Å². The van der Waals surface area contributed by atoms with E-state index in [1.807, 2.05) is 13.8 Å². The van der Waals surface area contributed by atoms with Crippen LogP contribution in [0.25, 0.3) is 0 Å². The second-order valence-corrected chi connectivity index (χ2v) is 9.79. The highest BCUT2D eigenvalue weighted by atomic mass is 35.5. The number of anilines is 1. The number of amides is 2. The van der Waals surface area contributed by atoms with Crippen molar-refractivity contribution in [3.05, 3.63) is 68.9 Å². The fourth-order valence-corrected chi connectivity index (χ4v) is 4.34. The predicted molar refractivity (Wildman–Crippen MR) is 133 cm³/mol. The lowest BCUT2D eigenvalue weighted by Gasteiger charge is -2.22. The van der Waals surface area contributed by atoms with Crippen LogP contribution in [0.15, 0.2) is 47.6 Å². The first-order valence-electron chi connectivity index (χ1n) is 9.99. The average Bonchev–Trinajstić information content (AvgIpc) is 3.11. The average molecular weight is 527 g/mol. The van der Waals surface area contributed by atoms with Gasteiger partial charge in [-0.2, -0.15) is 0 Å². The van der Waals surface area contributed by atoms with Crippen LogP contribution in [-0.4, -0.2) is 32.3 Å². The molecular weight excluding hydrogens is 505 g/mol. The number of aromatic nitrogens is 3. The molecule has 0 saturated heterocycles. The summed E-state index contributed by atoms with van der Waals surface area (Å²) in [5, 5.41) is 16.1. The topological polar surface area (TPSA) is 88.9 Å². The molecule has 1 heterocycles. The molecule has 0 unspecified atom stereocenters. The Labute approximate surface area is 211 Å². The summed E-state index contributed by atoms with van der Waals surface area (Å²) in [6, 6.07) is 11.2. The third-order valence-electron chi connectivity index (χ3n) is 4.74. The molecule has 0 radical (unpaired) electrons. The molecule has 1 aromatic heterocycles. The Balaban J connectivity index is 1.67. The molecule has 2 amide bonds. The fraction of sp³-hybridized carbons (Fsp3) is 0.273. The van der Waals surface area contributed by atoms with Gasteiger partial charge in [-0.25, -0.2) is 0 Å². The second-order valence-electron chi connectivity index (χ2n) is 7.56. The third kappa shape index (κ3) is 6.63. The molecule has 7 nitrogen and oxygen atoms in total. The van der Waals surface area contributed by atoms with Crippen molar-refractivity contribution in [1.82, 2.24) is 20.1 Å². The summed E-state index contributed by atoms with van der Waals surface area (Å²) in [7, 11) is 1.80. The van der Waals surface area contributed by atoms with Crippen LogP contribution in [0, 0.1) is 5.92 Å². The van der Waals surface area contributed by atoms with E-state index >= 15 is 0 Å². The zero-order chi connectivity index (χ0) is 24.1. The normalized spacial score (nSPS) is 12.0. The Morgan fingerprint density at radius 1 is 1.03 bits per heavy atom. The summed E-state index contributed by atoms with van der Waals surface area (Å²) < 4.78 is 1.77. The van der Waals surface area contributed by atoms with Crippen LogP contribution in [0.5, 0.6) is 0 Å². The first-order valence-corrected chi connectivity index (χ1v) is 12.1. The van der Waals surface area contributed by atoms with Crippen molar-refractivity contribution >= 4 is 64.1 Å². The molecule has 0 bridgehead atoms. The highest BCUT2D eigenvalue weighted by molar-refractivity contribution is 7.99. The van der Waals surface area contributed by atoms with Crippen molar-refractivity contribution in [2.75, 3.05) is 11.1 Å². The maximum absolute atomic E-state index is 12.8. The molecule has 0 aliphatic rings. The lowest BCUT2D eigenvalue weighted by Crippen LogP contribution is -2.33. The largest absolute Gasteiger partial charge is 0.342 e. The summed E-state index contributed by atoms with van der Waals surface area (Å²) in [5.74, 6) is 0.221. The van der Waals surface area contributed by atoms with E-state index in [-0.39, 0.29) is 28.5 Å². The van der Waals surface area contributed by atoms with Gasteiger partial charge in [-0.15, -0.1) is 10.2 Å².